The summed E-state index contributed by atoms with van der Waals surface area (Å²) < 4.78 is 11.2. The van der Waals surface area contributed by atoms with Crippen LogP contribution in [0.25, 0.3) is 0 Å². The van der Waals surface area contributed by atoms with E-state index in [4.69, 9.17) is 9.47 Å². The van der Waals surface area contributed by atoms with Crippen molar-refractivity contribution in [3.05, 3.63) is 45.1 Å². The fraction of sp³-hybridized carbons (Fsp3) is 0.444. The molecule has 1 aromatic carbocycles. The van der Waals surface area contributed by atoms with Gasteiger partial charge in [-0.2, -0.15) is 0 Å². The molecule has 1 N–H and O–H groups in total. The molecule has 1 aliphatic heterocycles. The maximum atomic E-state index is 5.76. The molecule has 0 saturated heterocycles. The highest BCUT2D eigenvalue weighted by molar-refractivity contribution is 7.12. The molecule has 0 saturated carbocycles. The lowest BCUT2D eigenvalue weighted by Gasteiger charge is -2.27. The minimum atomic E-state index is 0.263. The predicted molar refractivity (Wildman–Crippen MR) is 91.4 cm³/mol. The average molecular weight is 317 g/mol. The molecular formula is C18H23NO2S. The number of benzene rings is 1. The zero-order chi connectivity index (χ0) is 15.5. The molecular weight excluding hydrogens is 294 g/mol. The van der Waals surface area contributed by atoms with Gasteiger partial charge in [-0.25, -0.2) is 0 Å². The second kappa shape index (κ2) is 6.71. The van der Waals surface area contributed by atoms with Crippen LogP contribution in [0.5, 0.6) is 11.5 Å². The number of hydrogen-bond acceptors (Lipinski definition) is 4. The van der Waals surface area contributed by atoms with Crippen LogP contribution in [0.2, 0.25) is 0 Å². The van der Waals surface area contributed by atoms with Gasteiger partial charge in [-0.3, -0.25) is 0 Å². The van der Waals surface area contributed by atoms with Crippen LogP contribution >= 0.6 is 11.3 Å². The zero-order valence-corrected chi connectivity index (χ0v) is 14.3. The van der Waals surface area contributed by atoms with Crippen LogP contribution in [-0.4, -0.2) is 20.3 Å². The zero-order valence-electron chi connectivity index (χ0n) is 13.4. The Morgan fingerprint density at radius 1 is 1.23 bits per heavy atom. The van der Waals surface area contributed by atoms with Crippen molar-refractivity contribution in [2.45, 2.75) is 32.7 Å². The number of nitrogens with one attached hydrogen (secondary N) is 1. The number of thiophene rings is 1. The Kier molecular flexibility index (Phi) is 4.69. The van der Waals surface area contributed by atoms with Crippen molar-refractivity contribution in [2.75, 3.05) is 20.3 Å². The first-order chi connectivity index (χ1) is 10.8. The van der Waals surface area contributed by atoms with Crippen molar-refractivity contribution in [2.24, 2.45) is 0 Å². The fourth-order valence-electron chi connectivity index (χ4n) is 2.99. The van der Waals surface area contributed by atoms with Gasteiger partial charge in [0.25, 0.3) is 0 Å². The van der Waals surface area contributed by atoms with E-state index in [0.29, 0.717) is 6.61 Å². The Hall–Kier alpha value is -1.52. The third-order valence-corrected chi connectivity index (χ3v) is 5.39. The van der Waals surface area contributed by atoms with Gasteiger partial charge in [-0.15, -0.1) is 11.3 Å². The number of ether oxygens (including phenoxy) is 2. The van der Waals surface area contributed by atoms with Gasteiger partial charge in [-0.1, -0.05) is 6.92 Å². The van der Waals surface area contributed by atoms with Gasteiger partial charge in [0.2, 0.25) is 0 Å². The van der Waals surface area contributed by atoms with Crippen LogP contribution in [0.4, 0.5) is 0 Å². The molecule has 3 nitrogen and oxygen atoms in total. The maximum absolute atomic E-state index is 5.76. The smallest absolute Gasteiger partial charge is 0.161 e. The lowest BCUT2D eigenvalue weighted by molar-refractivity contribution is 0.309. The van der Waals surface area contributed by atoms with Gasteiger partial charge < -0.3 is 14.8 Å². The summed E-state index contributed by atoms with van der Waals surface area (Å²) in [6.45, 7) is 5.84. The Labute approximate surface area is 136 Å². The van der Waals surface area contributed by atoms with Gasteiger partial charge in [-0.05, 0) is 55.2 Å². The molecule has 4 heteroatoms. The summed E-state index contributed by atoms with van der Waals surface area (Å²) >= 11 is 1.90. The number of fused-ring (bicyclic) bond motifs is 1. The molecule has 0 spiro atoms. The molecule has 0 bridgehead atoms. The Bertz CT molecular complexity index is 651. The number of rotatable bonds is 5. The molecule has 1 unspecified atom stereocenters. The van der Waals surface area contributed by atoms with Gasteiger partial charge in [0.1, 0.15) is 0 Å². The van der Waals surface area contributed by atoms with Crippen molar-refractivity contribution in [3.63, 3.8) is 0 Å². The molecule has 1 aromatic heterocycles. The van der Waals surface area contributed by atoms with Crippen molar-refractivity contribution in [1.82, 2.24) is 5.32 Å². The first kappa shape index (κ1) is 15.4. The van der Waals surface area contributed by atoms with Crippen LogP contribution < -0.4 is 14.8 Å². The number of hydrogen-bond donors (Lipinski definition) is 1. The van der Waals surface area contributed by atoms with E-state index in [9.17, 15) is 0 Å². The highest BCUT2D eigenvalue weighted by atomic mass is 32.1. The molecule has 2 aromatic rings. The van der Waals surface area contributed by atoms with Crippen LogP contribution in [0.1, 0.15) is 40.8 Å². The normalized spacial score (nSPS) is 17.1. The van der Waals surface area contributed by atoms with Gasteiger partial charge in [0, 0.05) is 16.3 Å². The van der Waals surface area contributed by atoms with E-state index in [1.54, 1.807) is 7.11 Å². The minimum absolute atomic E-state index is 0.263. The Morgan fingerprint density at radius 2 is 2.09 bits per heavy atom. The summed E-state index contributed by atoms with van der Waals surface area (Å²) in [5.41, 5.74) is 2.68. The van der Waals surface area contributed by atoms with Crippen molar-refractivity contribution < 1.29 is 9.47 Å². The maximum Gasteiger partial charge on any atom is 0.161 e. The summed E-state index contributed by atoms with van der Waals surface area (Å²) in [6.07, 6.45) is 2.12. The summed E-state index contributed by atoms with van der Waals surface area (Å²) in [5, 5.41) is 3.65. The molecule has 2 heterocycles. The van der Waals surface area contributed by atoms with E-state index < -0.39 is 0 Å². The van der Waals surface area contributed by atoms with Crippen molar-refractivity contribution >= 4 is 11.3 Å². The van der Waals surface area contributed by atoms with E-state index in [0.717, 1.165) is 30.9 Å². The molecule has 0 amide bonds. The molecule has 3 rings (SSSR count). The fourth-order valence-corrected chi connectivity index (χ4v) is 4.03. The first-order valence-electron chi connectivity index (χ1n) is 7.92. The summed E-state index contributed by atoms with van der Waals surface area (Å²) in [6, 6.07) is 9.05. The molecule has 22 heavy (non-hydrogen) atoms. The van der Waals surface area contributed by atoms with E-state index in [1.807, 2.05) is 18.3 Å². The van der Waals surface area contributed by atoms with Crippen LogP contribution in [-0.2, 0) is 12.8 Å². The highest BCUT2D eigenvalue weighted by Crippen LogP contribution is 2.39. The summed E-state index contributed by atoms with van der Waals surface area (Å²) in [4.78, 5) is 2.81. The lowest BCUT2D eigenvalue weighted by atomic mass is 9.92. The SMILES string of the molecule is CCOc1cc2c(cc1OC)CCNC2c1ccc(CC)s1. The molecule has 0 radical (unpaired) electrons. The largest absolute Gasteiger partial charge is 0.493 e. The second-order valence-electron chi connectivity index (χ2n) is 5.43. The van der Waals surface area contributed by atoms with Crippen LogP contribution in [0.3, 0.4) is 0 Å². The average Bonchev–Trinajstić information content (AvgIpc) is 3.03. The summed E-state index contributed by atoms with van der Waals surface area (Å²) in [5.74, 6) is 1.67. The predicted octanol–water partition coefficient (Wildman–Crippen LogP) is 3.95. The Morgan fingerprint density at radius 3 is 2.77 bits per heavy atom. The third-order valence-electron chi connectivity index (χ3n) is 4.09. The van der Waals surface area contributed by atoms with E-state index >= 15 is 0 Å². The molecule has 0 fully saturated rings. The number of methoxy groups -OCH3 is 1. The standard InChI is InChI=1S/C18H23NO2S/c1-4-13-6-7-17(22-13)18-14-11-16(21-5-2)15(20-3)10-12(14)8-9-19-18/h6-7,10-11,18-19H,4-5,8-9H2,1-3H3. The van der Waals surface area contributed by atoms with Crippen molar-refractivity contribution in [1.29, 1.82) is 0 Å². The minimum Gasteiger partial charge on any atom is -0.493 e. The van der Waals surface area contributed by atoms with Gasteiger partial charge >= 0.3 is 0 Å². The monoisotopic (exact) mass is 317 g/mol. The third kappa shape index (κ3) is 2.85. The highest BCUT2D eigenvalue weighted by Gasteiger charge is 2.25. The topological polar surface area (TPSA) is 30.5 Å². The molecule has 1 aliphatic rings. The van der Waals surface area contributed by atoms with Gasteiger partial charge in [0.05, 0.1) is 19.8 Å². The van der Waals surface area contributed by atoms with Crippen molar-refractivity contribution in [3.8, 4) is 11.5 Å². The summed E-state index contributed by atoms with van der Waals surface area (Å²) in [7, 11) is 1.70. The number of aryl methyl sites for hydroxylation is 1. The Balaban J connectivity index is 2.02. The van der Waals surface area contributed by atoms with Crippen LogP contribution in [0.15, 0.2) is 24.3 Å². The molecule has 118 valence electrons. The molecule has 0 aliphatic carbocycles. The first-order valence-corrected chi connectivity index (χ1v) is 8.74. The quantitative estimate of drug-likeness (QED) is 0.905. The second-order valence-corrected chi connectivity index (χ2v) is 6.63. The van der Waals surface area contributed by atoms with Crippen LogP contribution in [0, 0.1) is 0 Å². The van der Waals surface area contributed by atoms with E-state index in [1.165, 1.54) is 20.9 Å². The lowest BCUT2D eigenvalue weighted by Crippen LogP contribution is -2.30. The van der Waals surface area contributed by atoms with Gasteiger partial charge in [0.15, 0.2) is 11.5 Å². The van der Waals surface area contributed by atoms with E-state index in [-0.39, 0.29) is 6.04 Å². The van der Waals surface area contributed by atoms with E-state index in [2.05, 4.69) is 36.5 Å². The molecule has 1 atom stereocenters.